The summed E-state index contributed by atoms with van der Waals surface area (Å²) in [4.78, 5) is 24.3. The van der Waals surface area contributed by atoms with Crippen molar-refractivity contribution in [3.8, 4) is 0 Å². The van der Waals surface area contributed by atoms with Gasteiger partial charge in [-0.25, -0.2) is 0 Å². The molecular weight excluding hydrogens is 472 g/mol. The highest BCUT2D eigenvalue weighted by Crippen LogP contribution is 2.18. The van der Waals surface area contributed by atoms with Crippen LogP contribution in [0.1, 0.15) is 206 Å². The molecule has 224 valence electrons. The van der Waals surface area contributed by atoms with Gasteiger partial charge in [-0.05, 0) is 57.6 Å². The molecule has 0 aliphatic carbocycles. The van der Waals surface area contributed by atoms with E-state index in [0.29, 0.717) is 19.3 Å². The maximum atomic E-state index is 13.2. The Hall–Kier alpha value is -1.32. The van der Waals surface area contributed by atoms with Gasteiger partial charge in [0, 0.05) is 32.0 Å². The third-order valence-electron chi connectivity index (χ3n) is 6.23. The molecule has 0 aromatic carbocycles. The van der Waals surface area contributed by atoms with E-state index in [1.54, 1.807) is 0 Å². The molecule has 0 rings (SSSR count). The van der Waals surface area contributed by atoms with Crippen LogP contribution in [0.4, 0.5) is 0 Å². The number of aliphatic carboxylic acids is 1. The molecule has 4 nitrogen and oxygen atoms in total. The van der Waals surface area contributed by atoms with E-state index in [4.69, 9.17) is 29.0 Å². The average molecular weight is 551 g/mol. The van der Waals surface area contributed by atoms with E-state index in [2.05, 4.69) is 6.92 Å². The summed E-state index contributed by atoms with van der Waals surface area (Å²) in [5.41, 5.74) is 0. The fourth-order valence-electron chi connectivity index (χ4n) is 4.05. The van der Waals surface area contributed by atoms with Gasteiger partial charge < -0.3 is 9.84 Å². The Kier molecular flexibility index (Phi) is 15.0. The number of carbonyl (C=O) groups excluding carboxylic acids is 1. The summed E-state index contributed by atoms with van der Waals surface area (Å²) >= 11 is 0. The van der Waals surface area contributed by atoms with Gasteiger partial charge in [0.2, 0.25) is 0 Å². The molecule has 0 aromatic heterocycles. The molecule has 0 heterocycles. The van der Waals surface area contributed by atoms with Crippen molar-refractivity contribution in [3.05, 3.63) is 12.2 Å². The van der Waals surface area contributed by atoms with E-state index in [-0.39, 0.29) is 25.7 Å². The van der Waals surface area contributed by atoms with E-state index in [0.717, 1.165) is 57.4 Å². The monoisotopic (exact) mass is 551 g/mol. The number of hydrogen-bond donors (Lipinski definition) is 1. The van der Waals surface area contributed by atoms with Crippen molar-refractivity contribution in [1.29, 1.82) is 0 Å². The first-order valence-corrected chi connectivity index (χ1v) is 14.9. The lowest BCUT2D eigenvalue weighted by molar-refractivity contribution is -0.150. The molecule has 0 spiro atoms. The highest BCUT2D eigenvalue weighted by molar-refractivity contribution is 5.69. The first-order chi connectivity index (χ1) is 23.8. The minimum absolute atomic E-state index is 0.00738. The van der Waals surface area contributed by atoms with Crippen molar-refractivity contribution < 1.29 is 38.6 Å². The highest BCUT2D eigenvalue weighted by atomic mass is 16.5. The highest BCUT2D eigenvalue weighted by Gasteiger charge is 2.15. The van der Waals surface area contributed by atoms with Gasteiger partial charge in [0.25, 0.3) is 0 Å². The molecule has 1 atom stereocenters. The summed E-state index contributed by atoms with van der Waals surface area (Å²) < 4.78 is 122. The van der Waals surface area contributed by atoms with Gasteiger partial charge in [-0.2, -0.15) is 0 Å². The lowest BCUT2D eigenvalue weighted by Gasteiger charge is -2.18. The van der Waals surface area contributed by atoms with Gasteiger partial charge in [0.15, 0.2) is 0 Å². The van der Waals surface area contributed by atoms with Crippen LogP contribution in [-0.4, -0.2) is 23.1 Å². The molecule has 1 unspecified atom stereocenters. The number of carboxylic acids is 1. The molecule has 0 fully saturated rings. The number of carbonyl (C=O) groups is 2. The van der Waals surface area contributed by atoms with Gasteiger partial charge in [0.05, 0.1) is 0 Å². The zero-order valence-electron chi connectivity index (χ0n) is 38.0. The molecule has 0 radical (unpaired) electrons. The minimum Gasteiger partial charge on any atom is -0.481 e. The number of unbranched alkanes of at least 4 members (excludes halogenated alkanes) is 14. The Labute approximate surface area is 256 Å². The number of ether oxygens (including phenoxy) is 1. The van der Waals surface area contributed by atoms with Crippen LogP contribution in [-0.2, 0) is 14.3 Å². The second-order valence-corrected chi connectivity index (χ2v) is 9.78. The molecule has 0 bridgehead atoms. The van der Waals surface area contributed by atoms with E-state index < -0.39 is 62.7 Å². The van der Waals surface area contributed by atoms with E-state index in [1.165, 1.54) is 38.2 Å². The van der Waals surface area contributed by atoms with Crippen molar-refractivity contribution >= 4 is 11.9 Å². The van der Waals surface area contributed by atoms with Crippen LogP contribution in [0, 0.1) is 0 Å². The number of allylic oxidation sites excluding steroid dienone is 2. The summed E-state index contributed by atoms with van der Waals surface area (Å²) in [7, 11) is 0. The Morgan fingerprint density at radius 3 is 1.84 bits per heavy atom. The summed E-state index contributed by atoms with van der Waals surface area (Å²) in [5.74, 6) is -3.01. The summed E-state index contributed by atoms with van der Waals surface area (Å²) in [6.07, 6.45) is -11.7. The van der Waals surface area contributed by atoms with Crippen LogP contribution in [0.5, 0.6) is 0 Å². The number of hydrogen-bond acceptors (Lipinski definition) is 3. The lowest BCUT2D eigenvalue weighted by atomic mass is 10.0. The Morgan fingerprint density at radius 1 is 0.684 bits per heavy atom. The largest absolute Gasteiger partial charge is 0.481 e. The van der Waals surface area contributed by atoms with Crippen molar-refractivity contribution in [2.24, 2.45) is 0 Å². The summed E-state index contributed by atoms with van der Waals surface area (Å²) in [5, 5.41) is 9.06. The average Bonchev–Trinajstić information content (AvgIpc) is 3.04. The molecular formula is C34H64O4. The van der Waals surface area contributed by atoms with Crippen LogP contribution >= 0.6 is 0 Å². The van der Waals surface area contributed by atoms with Crippen LogP contribution in [0.3, 0.4) is 0 Å². The Morgan fingerprint density at radius 2 is 1.21 bits per heavy atom. The predicted molar refractivity (Wildman–Crippen MR) is 163 cm³/mol. The summed E-state index contributed by atoms with van der Waals surface area (Å²) in [6, 6.07) is 0. The molecule has 38 heavy (non-hydrogen) atoms. The molecule has 0 saturated carbocycles. The van der Waals surface area contributed by atoms with Crippen molar-refractivity contribution in [2.75, 3.05) is 0 Å². The second kappa shape index (κ2) is 30.2. The number of esters is 1. The SMILES string of the molecule is [2H]C([2H])(/C=C\CCCCCC)C([2H])([2H])C([2H])([2H])C([2H])([2H])C([2H])([2H])C([2H])([2H])C([2H])([2H])C(=O)OC(CCCCCCCCCCCCC)CCCC(=O)O. The smallest absolute Gasteiger partial charge is 0.306 e. The molecule has 0 amide bonds. The molecule has 1 N–H and O–H groups in total. The van der Waals surface area contributed by atoms with Gasteiger partial charge in [-0.15, -0.1) is 0 Å². The van der Waals surface area contributed by atoms with Gasteiger partial charge in [-0.1, -0.05) is 129 Å². The van der Waals surface area contributed by atoms with E-state index in [9.17, 15) is 9.59 Å². The van der Waals surface area contributed by atoms with Crippen molar-refractivity contribution in [1.82, 2.24) is 0 Å². The molecule has 0 aliphatic heterocycles. The predicted octanol–water partition coefficient (Wildman–Crippen LogP) is 11.1. The number of rotatable bonds is 30. The van der Waals surface area contributed by atoms with Gasteiger partial charge in [-0.3, -0.25) is 9.59 Å². The van der Waals surface area contributed by atoms with Crippen molar-refractivity contribution in [3.63, 3.8) is 0 Å². The van der Waals surface area contributed by atoms with Gasteiger partial charge in [0.1, 0.15) is 6.10 Å². The standard InChI is InChI=1S/C34H64O4/c1-3-5-7-9-11-13-15-16-18-20-22-24-26-31-34(37)38-32(29-27-30-33(35)36)28-25-23-21-19-17-14-12-10-8-6-4-2/h13,15,32H,3-12,14,16-31H2,1-2H3,(H,35,36)/b15-13-/i16D2,18D2,20D2,22D2,24D2,26D2,31D2. The van der Waals surface area contributed by atoms with Crippen LogP contribution in [0.15, 0.2) is 12.2 Å². The molecule has 4 heteroatoms. The third kappa shape index (κ3) is 29.2. The van der Waals surface area contributed by atoms with Crippen LogP contribution < -0.4 is 0 Å². The van der Waals surface area contributed by atoms with E-state index >= 15 is 0 Å². The lowest BCUT2D eigenvalue weighted by Crippen LogP contribution is -2.18. The zero-order chi connectivity index (χ0) is 40.5. The Bertz CT molecular complexity index is 1080. The van der Waals surface area contributed by atoms with Crippen LogP contribution in [0.25, 0.3) is 0 Å². The maximum Gasteiger partial charge on any atom is 0.306 e. The van der Waals surface area contributed by atoms with Crippen LogP contribution in [0.2, 0.25) is 0 Å². The topological polar surface area (TPSA) is 63.6 Å². The van der Waals surface area contributed by atoms with E-state index in [1.807, 2.05) is 6.92 Å². The molecule has 0 aliphatic rings. The molecule has 0 aromatic rings. The number of carboxylic acid groups (broad SMARTS) is 1. The minimum atomic E-state index is -4.27. The fourth-order valence-corrected chi connectivity index (χ4v) is 4.05. The third-order valence-corrected chi connectivity index (χ3v) is 6.23. The fraction of sp³-hybridized carbons (Fsp3) is 0.882. The normalized spacial score (nSPS) is 20.4. The first-order valence-electron chi connectivity index (χ1n) is 21.9. The van der Waals surface area contributed by atoms with Gasteiger partial charge >= 0.3 is 11.9 Å². The first kappa shape index (κ1) is 18.9. The zero-order valence-corrected chi connectivity index (χ0v) is 24.0. The molecule has 0 saturated heterocycles. The Balaban J connectivity index is 5.91. The quantitative estimate of drug-likeness (QED) is 0.0548. The summed E-state index contributed by atoms with van der Waals surface area (Å²) in [6.45, 7) is 4.16. The van der Waals surface area contributed by atoms with Crippen molar-refractivity contribution in [2.45, 2.75) is 193 Å². The maximum absolute atomic E-state index is 13.2. The second-order valence-electron chi connectivity index (χ2n) is 9.78.